The van der Waals surface area contributed by atoms with E-state index in [4.69, 9.17) is 0 Å². The van der Waals surface area contributed by atoms with Crippen LogP contribution in [-0.4, -0.2) is 59.3 Å². The van der Waals surface area contributed by atoms with Crippen LogP contribution in [0.15, 0.2) is 28.1 Å². The Morgan fingerprint density at radius 2 is 1.96 bits per heavy atom. The summed E-state index contributed by atoms with van der Waals surface area (Å²) < 4.78 is 11.8. The van der Waals surface area contributed by atoms with Crippen LogP contribution in [0.5, 0.6) is 0 Å². The molecule has 1 atom stereocenters. The molecular formula is C18H27N3OS. The molecule has 1 unspecified atom stereocenters. The minimum Gasteiger partial charge on any atom is -0.305 e. The molecule has 0 bridgehead atoms. The summed E-state index contributed by atoms with van der Waals surface area (Å²) in [5, 5.41) is 0. The fraction of sp³-hybridized carbons (Fsp3) is 0.611. The van der Waals surface area contributed by atoms with E-state index in [0.717, 1.165) is 30.1 Å². The van der Waals surface area contributed by atoms with Gasteiger partial charge in [-0.05, 0) is 57.1 Å². The number of benzene rings is 1. The fourth-order valence-corrected chi connectivity index (χ4v) is 4.16. The van der Waals surface area contributed by atoms with Crippen molar-refractivity contribution in [2.24, 2.45) is 4.99 Å². The van der Waals surface area contributed by atoms with Crippen molar-refractivity contribution in [2.45, 2.75) is 37.0 Å². The lowest BCUT2D eigenvalue weighted by Gasteiger charge is -2.24. The lowest BCUT2D eigenvalue weighted by atomic mass is 10.1. The Bertz CT molecular complexity index is 580. The highest BCUT2D eigenvalue weighted by atomic mass is 32.2. The molecule has 2 heterocycles. The Kier molecular flexibility index (Phi) is 5.97. The first-order valence-corrected chi connectivity index (χ1v) is 9.92. The average Bonchev–Trinajstić information content (AvgIpc) is 2.77. The topological polar surface area (TPSA) is 35.9 Å². The van der Waals surface area contributed by atoms with E-state index in [-0.39, 0.29) is 0 Å². The maximum atomic E-state index is 11.8. The van der Waals surface area contributed by atoms with E-state index in [2.05, 4.69) is 34.0 Å². The van der Waals surface area contributed by atoms with Crippen molar-refractivity contribution in [3.63, 3.8) is 0 Å². The molecule has 0 aliphatic carbocycles. The predicted molar refractivity (Wildman–Crippen MR) is 97.1 cm³/mol. The Morgan fingerprint density at radius 1 is 1.17 bits per heavy atom. The van der Waals surface area contributed by atoms with Gasteiger partial charge in [-0.1, -0.05) is 18.9 Å². The zero-order chi connectivity index (χ0) is 16.1. The van der Waals surface area contributed by atoms with Crippen molar-refractivity contribution in [1.82, 2.24) is 9.80 Å². The number of likely N-dealkylation sites (N-methyl/N-ethyl adjacent to an activating group) is 1. The second-order valence-electron chi connectivity index (χ2n) is 6.64. The minimum absolute atomic E-state index is 0.863. The summed E-state index contributed by atoms with van der Waals surface area (Å²) >= 11 is 0. The summed E-state index contributed by atoms with van der Waals surface area (Å²) in [6.07, 6.45) is 6.52. The molecule has 5 heteroatoms. The SMILES string of the molecule is CN(CCc1ccc2c(c1)S(=O)C=N2)CCN1CCCCCC1. The number of likely N-dealkylation sites (tertiary alicyclic amines) is 1. The fourth-order valence-electron chi connectivity index (χ4n) is 3.25. The summed E-state index contributed by atoms with van der Waals surface area (Å²) in [4.78, 5) is 10.1. The number of aliphatic imine (C=N–C) groups is 1. The van der Waals surface area contributed by atoms with Gasteiger partial charge >= 0.3 is 0 Å². The van der Waals surface area contributed by atoms with Gasteiger partial charge in [-0.25, -0.2) is 9.20 Å². The van der Waals surface area contributed by atoms with Gasteiger partial charge < -0.3 is 9.80 Å². The molecular weight excluding hydrogens is 306 g/mol. The molecule has 1 aromatic rings. The van der Waals surface area contributed by atoms with Gasteiger partial charge in [0.2, 0.25) is 0 Å². The third-order valence-electron chi connectivity index (χ3n) is 4.81. The molecule has 0 spiro atoms. The lowest BCUT2D eigenvalue weighted by Crippen LogP contribution is -2.34. The monoisotopic (exact) mass is 333 g/mol. The van der Waals surface area contributed by atoms with Gasteiger partial charge in [0.1, 0.15) is 0 Å². The van der Waals surface area contributed by atoms with Gasteiger partial charge in [-0.3, -0.25) is 0 Å². The predicted octanol–water partition coefficient (Wildman–Crippen LogP) is 2.82. The van der Waals surface area contributed by atoms with E-state index in [1.54, 1.807) is 0 Å². The normalized spacial score (nSPS) is 21.6. The van der Waals surface area contributed by atoms with Gasteiger partial charge in [-0.2, -0.15) is 0 Å². The summed E-state index contributed by atoms with van der Waals surface area (Å²) in [7, 11) is 1.16. The highest BCUT2D eigenvalue weighted by Crippen LogP contribution is 2.28. The largest absolute Gasteiger partial charge is 0.305 e. The molecule has 0 N–H and O–H groups in total. The highest BCUT2D eigenvalue weighted by molar-refractivity contribution is 7.99. The highest BCUT2D eigenvalue weighted by Gasteiger charge is 2.14. The molecule has 3 rings (SSSR count). The zero-order valence-corrected chi connectivity index (χ0v) is 14.9. The standard InChI is InChI=1S/C18H27N3OS/c1-20(12-13-21-9-4-2-3-5-10-21)11-8-16-6-7-17-18(14-16)23(22)15-19-17/h6-7,14-15H,2-5,8-13H2,1H3. The van der Waals surface area contributed by atoms with Gasteiger partial charge in [0.15, 0.2) is 0 Å². The average molecular weight is 334 g/mol. The van der Waals surface area contributed by atoms with E-state index in [1.807, 2.05) is 6.07 Å². The Morgan fingerprint density at radius 3 is 2.74 bits per heavy atom. The summed E-state index contributed by atoms with van der Waals surface area (Å²) in [6.45, 7) is 5.88. The van der Waals surface area contributed by atoms with Crippen molar-refractivity contribution < 1.29 is 4.21 Å². The van der Waals surface area contributed by atoms with Crippen LogP contribution in [0, 0.1) is 0 Å². The third-order valence-corrected chi connectivity index (χ3v) is 5.86. The van der Waals surface area contributed by atoms with Crippen molar-refractivity contribution in [3.05, 3.63) is 23.8 Å². The second kappa shape index (κ2) is 8.18. The van der Waals surface area contributed by atoms with Crippen LogP contribution < -0.4 is 0 Å². The van der Waals surface area contributed by atoms with Crippen LogP contribution in [0.25, 0.3) is 0 Å². The molecule has 23 heavy (non-hydrogen) atoms. The minimum atomic E-state index is -1.04. The molecule has 1 aromatic carbocycles. The second-order valence-corrected chi connectivity index (χ2v) is 7.89. The first-order chi connectivity index (χ1) is 11.2. The van der Waals surface area contributed by atoms with Crippen molar-refractivity contribution in [1.29, 1.82) is 0 Å². The Hall–Kier alpha value is -1.04. The van der Waals surface area contributed by atoms with Crippen LogP contribution in [0.4, 0.5) is 5.69 Å². The molecule has 0 aromatic heterocycles. The summed E-state index contributed by atoms with van der Waals surface area (Å²) in [6, 6.07) is 6.16. The molecule has 4 nitrogen and oxygen atoms in total. The van der Waals surface area contributed by atoms with E-state index >= 15 is 0 Å². The van der Waals surface area contributed by atoms with Gasteiger partial charge in [0, 0.05) is 19.6 Å². The number of fused-ring (bicyclic) bond motifs is 1. The van der Waals surface area contributed by atoms with Crippen LogP contribution in [-0.2, 0) is 17.2 Å². The van der Waals surface area contributed by atoms with Gasteiger partial charge in [-0.15, -0.1) is 0 Å². The van der Waals surface area contributed by atoms with Crippen molar-refractivity contribution in [3.8, 4) is 0 Å². The molecule has 0 saturated carbocycles. The summed E-state index contributed by atoms with van der Waals surface area (Å²) in [5.74, 6) is 0. The van der Waals surface area contributed by atoms with Crippen LogP contribution in [0.2, 0.25) is 0 Å². The Labute approximate surface area is 142 Å². The van der Waals surface area contributed by atoms with E-state index in [0.29, 0.717) is 0 Å². The maximum Gasteiger partial charge on any atom is 0.0984 e. The third kappa shape index (κ3) is 4.72. The first kappa shape index (κ1) is 16.8. The van der Waals surface area contributed by atoms with Crippen molar-refractivity contribution >= 4 is 22.0 Å². The molecule has 2 aliphatic rings. The van der Waals surface area contributed by atoms with Crippen LogP contribution in [0.3, 0.4) is 0 Å². The Balaban J connectivity index is 1.43. The smallest absolute Gasteiger partial charge is 0.0984 e. The number of hydrogen-bond acceptors (Lipinski definition) is 4. The van der Waals surface area contributed by atoms with Crippen LogP contribution >= 0.6 is 0 Å². The molecule has 2 aliphatic heterocycles. The molecule has 0 radical (unpaired) electrons. The van der Waals surface area contributed by atoms with E-state index in [1.165, 1.54) is 56.4 Å². The maximum absolute atomic E-state index is 11.8. The zero-order valence-electron chi connectivity index (χ0n) is 14.0. The molecule has 126 valence electrons. The van der Waals surface area contributed by atoms with Gasteiger partial charge in [0.05, 0.1) is 26.9 Å². The van der Waals surface area contributed by atoms with E-state index < -0.39 is 10.8 Å². The first-order valence-electron chi connectivity index (χ1n) is 8.71. The molecule has 1 saturated heterocycles. The quantitative estimate of drug-likeness (QED) is 0.803. The van der Waals surface area contributed by atoms with Crippen molar-refractivity contribution in [2.75, 3.05) is 39.8 Å². The lowest BCUT2D eigenvalue weighted by molar-refractivity contribution is 0.232. The van der Waals surface area contributed by atoms with E-state index in [9.17, 15) is 4.21 Å². The summed E-state index contributed by atoms with van der Waals surface area (Å²) in [5.41, 5.74) is 3.65. The molecule has 0 amide bonds. The number of nitrogens with zero attached hydrogens (tertiary/aromatic N) is 3. The van der Waals surface area contributed by atoms with Crippen LogP contribution in [0.1, 0.15) is 31.2 Å². The number of rotatable bonds is 6. The molecule has 1 fully saturated rings. The van der Waals surface area contributed by atoms with Gasteiger partial charge in [0.25, 0.3) is 0 Å². The number of hydrogen-bond donors (Lipinski definition) is 0.